The van der Waals surface area contributed by atoms with Crippen LogP contribution in [0.2, 0.25) is 0 Å². The number of para-hydroxylation sites is 1. The van der Waals surface area contributed by atoms with E-state index >= 15 is 0 Å². The predicted octanol–water partition coefficient (Wildman–Crippen LogP) is 3.66. The number of rotatable bonds is 4. The van der Waals surface area contributed by atoms with Crippen molar-refractivity contribution in [3.05, 3.63) is 58.1 Å². The van der Waals surface area contributed by atoms with Crippen molar-refractivity contribution >= 4 is 27.4 Å². The van der Waals surface area contributed by atoms with Gasteiger partial charge in [0.2, 0.25) is 0 Å². The fraction of sp³-hybridized carbons (Fsp3) is 0.133. The summed E-state index contributed by atoms with van der Waals surface area (Å²) >= 11 is 3.35. The van der Waals surface area contributed by atoms with Crippen LogP contribution in [0.15, 0.2) is 46.9 Å². The van der Waals surface area contributed by atoms with Gasteiger partial charge in [-0.15, -0.1) is 0 Å². The number of halogens is 1. The summed E-state index contributed by atoms with van der Waals surface area (Å²) in [6.07, 6.45) is 0. The van der Waals surface area contributed by atoms with Crippen molar-refractivity contribution in [3.8, 4) is 5.75 Å². The van der Waals surface area contributed by atoms with Gasteiger partial charge in [0.25, 0.3) is 0 Å². The lowest BCUT2D eigenvalue weighted by Crippen LogP contribution is -2.08. The minimum atomic E-state index is -0.136. The molecule has 0 aliphatic rings. The quantitative estimate of drug-likeness (QED) is 0.691. The highest BCUT2D eigenvalue weighted by Crippen LogP contribution is 2.26. The van der Waals surface area contributed by atoms with E-state index in [-0.39, 0.29) is 5.78 Å². The van der Waals surface area contributed by atoms with Gasteiger partial charge < -0.3 is 10.5 Å². The van der Waals surface area contributed by atoms with Crippen LogP contribution in [0.5, 0.6) is 5.75 Å². The van der Waals surface area contributed by atoms with Gasteiger partial charge in [-0.05, 0) is 37.3 Å². The Labute approximate surface area is 120 Å². The molecular weight excluding hydrogens is 306 g/mol. The van der Waals surface area contributed by atoms with E-state index in [4.69, 9.17) is 10.5 Å². The van der Waals surface area contributed by atoms with Crippen LogP contribution in [0.3, 0.4) is 0 Å². The normalized spacial score (nSPS) is 10.2. The first kappa shape index (κ1) is 13.6. The van der Waals surface area contributed by atoms with Crippen LogP contribution < -0.4 is 10.5 Å². The molecule has 3 nitrogen and oxygen atoms in total. The molecule has 0 saturated carbocycles. The van der Waals surface area contributed by atoms with Crippen LogP contribution in [0.4, 0.5) is 5.69 Å². The first-order valence-electron chi connectivity index (χ1n) is 5.95. The summed E-state index contributed by atoms with van der Waals surface area (Å²) in [6, 6.07) is 12.4. The van der Waals surface area contributed by atoms with Gasteiger partial charge in [0, 0.05) is 15.7 Å². The van der Waals surface area contributed by atoms with Crippen molar-refractivity contribution in [1.29, 1.82) is 0 Å². The van der Waals surface area contributed by atoms with E-state index in [1.54, 1.807) is 30.3 Å². The first-order chi connectivity index (χ1) is 9.13. The van der Waals surface area contributed by atoms with Crippen molar-refractivity contribution in [2.45, 2.75) is 6.92 Å². The zero-order valence-electron chi connectivity index (χ0n) is 10.5. The second-order valence-electron chi connectivity index (χ2n) is 3.99. The van der Waals surface area contributed by atoms with Crippen LogP contribution in [0, 0.1) is 0 Å². The van der Waals surface area contributed by atoms with Gasteiger partial charge in [-0.2, -0.15) is 0 Å². The zero-order chi connectivity index (χ0) is 13.8. The summed E-state index contributed by atoms with van der Waals surface area (Å²) in [7, 11) is 0. The highest BCUT2D eigenvalue weighted by Gasteiger charge is 2.16. The topological polar surface area (TPSA) is 52.3 Å². The van der Waals surface area contributed by atoms with Gasteiger partial charge in [0.15, 0.2) is 5.78 Å². The van der Waals surface area contributed by atoms with E-state index in [0.717, 1.165) is 4.47 Å². The van der Waals surface area contributed by atoms with Crippen molar-refractivity contribution in [1.82, 2.24) is 0 Å². The molecule has 0 unspecified atom stereocenters. The van der Waals surface area contributed by atoms with E-state index in [2.05, 4.69) is 15.9 Å². The first-order valence-corrected chi connectivity index (χ1v) is 6.74. The van der Waals surface area contributed by atoms with E-state index in [1.165, 1.54) is 0 Å². The van der Waals surface area contributed by atoms with Crippen molar-refractivity contribution in [2.75, 3.05) is 12.3 Å². The maximum Gasteiger partial charge on any atom is 0.198 e. The Bertz CT molecular complexity index is 611. The van der Waals surface area contributed by atoms with Crippen molar-refractivity contribution in [2.24, 2.45) is 0 Å². The molecule has 0 amide bonds. The molecule has 0 fully saturated rings. The molecule has 2 aromatic rings. The number of carbonyl (C=O) groups is 1. The number of ether oxygens (including phenoxy) is 1. The highest BCUT2D eigenvalue weighted by molar-refractivity contribution is 9.10. The van der Waals surface area contributed by atoms with Gasteiger partial charge in [0.1, 0.15) is 5.75 Å². The number of anilines is 1. The van der Waals surface area contributed by atoms with Gasteiger partial charge in [0.05, 0.1) is 12.2 Å². The molecule has 0 aromatic heterocycles. The zero-order valence-corrected chi connectivity index (χ0v) is 12.1. The fourth-order valence-electron chi connectivity index (χ4n) is 1.81. The number of carbonyl (C=O) groups excluding carboxylic acids is 1. The van der Waals surface area contributed by atoms with E-state index in [9.17, 15) is 4.79 Å². The van der Waals surface area contributed by atoms with Crippen molar-refractivity contribution in [3.63, 3.8) is 0 Å². The molecule has 0 aliphatic heterocycles. The minimum absolute atomic E-state index is 0.136. The summed E-state index contributed by atoms with van der Waals surface area (Å²) in [5, 5.41) is 0. The number of ketones is 1. The lowest BCUT2D eigenvalue weighted by Gasteiger charge is -2.10. The molecule has 0 atom stereocenters. The highest BCUT2D eigenvalue weighted by atomic mass is 79.9. The number of nitrogens with two attached hydrogens (primary N) is 1. The smallest absolute Gasteiger partial charge is 0.198 e. The number of hydrogen-bond acceptors (Lipinski definition) is 3. The average Bonchev–Trinajstić information content (AvgIpc) is 2.42. The Kier molecular flexibility index (Phi) is 4.22. The SMILES string of the molecule is CCOc1ccccc1C(=O)c1cc(Br)ccc1N. The molecule has 2 rings (SSSR count). The average molecular weight is 320 g/mol. The van der Waals surface area contributed by atoms with Crippen LogP contribution in [0.1, 0.15) is 22.8 Å². The van der Waals surface area contributed by atoms with Crippen LogP contribution in [-0.4, -0.2) is 12.4 Å². The van der Waals surface area contributed by atoms with E-state index < -0.39 is 0 Å². The lowest BCUT2D eigenvalue weighted by molar-refractivity contribution is 0.103. The molecule has 0 radical (unpaired) electrons. The Balaban J connectivity index is 2.47. The monoisotopic (exact) mass is 319 g/mol. The number of nitrogen functional groups attached to an aromatic ring is 1. The van der Waals surface area contributed by atoms with Gasteiger partial charge >= 0.3 is 0 Å². The maximum atomic E-state index is 12.5. The second-order valence-corrected chi connectivity index (χ2v) is 4.91. The summed E-state index contributed by atoms with van der Waals surface area (Å²) in [6.45, 7) is 2.40. The third kappa shape index (κ3) is 2.96. The Morgan fingerprint density at radius 3 is 2.68 bits per heavy atom. The Morgan fingerprint density at radius 2 is 1.95 bits per heavy atom. The van der Waals surface area contributed by atoms with Gasteiger partial charge in [-0.3, -0.25) is 4.79 Å². The van der Waals surface area contributed by atoms with Crippen LogP contribution in [0.25, 0.3) is 0 Å². The summed E-state index contributed by atoms with van der Waals surface area (Å²) in [4.78, 5) is 12.5. The molecule has 98 valence electrons. The Hall–Kier alpha value is -1.81. The lowest BCUT2D eigenvalue weighted by atomic mass is 10.0. The summed E-state index contributed by atoms with van der Waals surface area (Å²) in [5.74, 6) is 0.442. The summed E-state index contributed by atoms with van der Waals surface area (Å²) < 4.78 is 6.29. The Morgan fingerprint density at radius 1 is 1.21 bits per heavy atom. The molecule has 19 heavy (non-hydrogen) atoms. The maximum absolute atomic E-state index is 12.5. The predicted molar refractivity (Wildman–Crippen MR) is 79.6 cm³/mol. The fourth-order valence-corrected chi connectivity index (χ4v) is 2.17. The van der Waals surface area contributed by atoms with E-state index in [1.807, 2.05) is 19.1 Å². The molecule has 4 heteroatoms. The third-order valence-corrected chi connectivity index (χ3v) is 3.18. The van der Waals surface area contributed by atoms with Crippen molar-refractivity contribution < 1.29 is 9.53 Å². The molecule has 0 heterocycles. The minimum Gasteiger partial charge on any atom is -0.493 e. The summed E-state index contributed by atoms with van der Waals surface area (Å²) in [5.41, 5.74) is 7.32. The van der Waals surface area contributed by atoms with Crippen LogP contribution >= 0.6 is 15.9 Å². The third-order valence-electron chi connectivity index (χ3n) is 2.69. The molecular formula is C15H14BrNO2. The molecule has 0 aliphatic carbocycles. The molecule has 0 saturated heterocycles. The molecule has 0 bridgehead atoms. The molecule has 2 N–H and O–H groups in total. The van der Waals surface area contributed by atoms with Crippen LogP contribution in [-0.2, 0) is 0 Å². The largest absolute Gasteiger partial charge is 0.493 e. The second kappa shape index (κ2) is 5.89. The number of benzene rings is 2. The molecule has 0 spiro atoms. The van der Waals surface area contributed by atoms with E-state index in [0.29, 0.717) is 29.2 Å². The number of hydrogen-bond donors (Lipinski definition) is 1. The van der Waals surface area contributed by atoms with Gasteiger partial charge in [-0.1, -0.05) is 28.1 Å². The molecule has 2 aromatic carbocycles. The van der Waals surface area contributed by atoms with Gasteiger partial charge in [-0.25, -0.2) is 0 Å². The standard InChI is InChI=1S/C15H14BrNO2/c1-2-19-14-6-4-3-5-11(14)15(18)12-9-10(16)7-8-13(12)17/h3-9H,2,17H2,1H3.